The van der Waals surface area contributed by atoms with Gasteiger partial charge in [-0.15, -0.1) is 0 Å². The first-order chi connectivity index (χ1) is 9.59. The number of carbonyl (C=O) groups is 1. The number of hydrogen-bond donors (Lipinski definition) is 1. The van der Waals surface area contributed by atoms with Crippen molar-refractivity contribution in [2.45, 2.75) is 6.42 Å². The number of para-hydroxylation sites is 1. The zero-order valence-corrected chi connectivity index (χ0v) is 12.1. The maximum Gasteiger partial charge on any atom is 0.255 e. The lowest BCUT2D eigenvalue weighted by atomic mass is 10.1. The van der Waals surface area contributed by atoms with Crippen molar-refractivity contribution in [3.8, 4) is 0 Å². The molecule has 2 aromatic carbocycles. The second-order valence-electron chi connectivity index (χ2n) is 4.66. The molecule has 0 saturated carbocycles. The number of nitrogens with zero attached hydrogens (tertiary/aromatic N) is 1. The Hall–Kier alpha value is -2.00. The van der Waals surface area contributed by atoms with Gasteiger partial charge in [-0.2, -0.15) is 0 Å². The van der Waals surface area contributed by atoms with Gasteiger partial charge >= 0.3 is 0 Å². The van der Waals surface area contributed by atoms with E-state index in [1.54, 1.807) is 30.1 Å². The molecular weight excluding hydrogens is 272 g/mol. The van der Waals surface area contributed by atoms with Gasteiger partial charge < -0.3 is 10.6 Å². The van der Waals surface area contributed by atoms with Gasteiger partial charge in [0.15, 0.2) is 0 Å². The molecule has 0 atom stereocenters. The van der Waals surface area contributed by atoms with E-state index < -0.39 is 0 Å². The van der Waals surface area contributed by atoms with Gasteiger partial charge in [-0.25, -0.2) is 0 Å². The quantitative estimate of drug-likeness (QED) is 0.878. The van der Waals surface area contributed by atoms with Crippen LogP contribution in [-0.2, 0) is 6.42 Å². The number of nitrogen functional groups attached to an aromatic ring is 1. The highest BCUT2D eigenvalue weighted by Crippen LogP contribution is 2.23. The predicted octanol–water partition coefficient (Wildman–Crippen LogP) is 3.24. The highest BCUT2D eigenvalue weighted by atomic mass is 35.5. The zero-order valence-electron chi connectivity index (χ0n) is 11.3. The van der Waals surface area contributed by atoms with Gasteiger partial charge in [-0.05, 0) is 24.1 Å². The Bertz CT molecular complexity index is 599. The fraction of sp³-hybridized carbons (Fsp3) is 0.188. The van der Waals surface area contributed by atoms with E-state index in [2.05, 4.69) is 0 Å². The number of hydrogen-bond acceptors (Lipinski definition) is 2. The number of anilines is 1. The van der Waals surface area contributed by atoms with Crippen LogP contribution in [0.1, 0.15) is 15.9 Å². The van der Waals surface area contributed by atoms with Gasteiger partial charge in [0.25, 0.3) is 5.91 Å². The number of benzene rings is 2. The molecule has 0 spiro atoms. The van der Waals surface area contributed by atoms with Gasteiger partial charge in [0.2, 0.25) is 0 Å². The molecule has 0 aromatic heterocycles. The van der Waals surface area contributed by atoms with Crippen LogP contribution in [0.4, 0.5) is 5.69 Å². The van der Waals surface area contributed by atoms with Crippen LogP contribution in [0.25, 0.3) is 0 Å². The lowest BCUT2D eigenvalue weighted by Gasteiger charge is -2.18. The maximum atomic E-state index is 12.3. The third-order valence-electron chi connectivity index (χ3n) is 3.21. The van der Waals surface area contributed by atoms with Crippen molar-refractivity contribution in [2.24, 2.45) is 0 Å². The molecule has 0 unspecified atom stereocenters. The van der Waals surface area contributed by atoms with Crippen LogP contribution in [0.15, 0.2) is 48.5 Å². The molecule has 2 rings (SSSR count). The van der Waals surface area contributed by atoms with Crippen LogP contribution >= 0.6 is 11.6 Å². The average Bonchev–Trinajstić information content (AvgIpc) is 2.48. The maximum absolute atomic E-state index is 12.3. The first kappa shape index (κ1) is 14.4. The average molecular weight is 289 g/mol. The molecule has 0 aliphatic carbocycles. The topological polar surface area (TPSA) is 46.3 Å². The minimum absolute atomic E-state index is 0.110. The number of amides is 1. The predicted molar refractivity (Wildman–Crippen MR) is 83.0 cm³/mol. The summed E-state index contributed by atoms with van der Waals surface area (Å²) in [6.07, 6.45) is 0.809. The number of rotatable bonds is 4. The van der Waals surface area contributed by atoms with Crippen LogP contribution in [0.5, 0.6) is 0 Å². The second kappa shape index (κ2) is 6.44. The molecule has 4 heteroatoms. The Morgan fingerprint density at radius 2 is 1.85 bits per heavy atom. The first-order valence-electron chi connectivity index (χ1n) is 6.43. The fourth-order valence-corrected chi connectivity index (χ4v) is 2.15. The highest BCUT2D eigenvalue weighted by molar-refractivity contribution is 6.33. The molecular formula is C16H17ClN2O. The molecule has 0 bridgehead atoms. The smallest absolute Gasteiger partial charge is 0.255 e. The minimum atomic E-state index is -0.110. The summed E-state index contributed by atoms with van der Waals surface area (Å²) < 4.78 is 0. The molecule has 1 amide bonds. The van der Waals surface area contributed by atoms with Crippen LogP contribution in [0.3, 0.4) is 0 Å². The molecule has 0 radical (unpaired) electrons. The lowest BCUT2D eigenvalue weighted by molar-refractivity contribution is 0.0797. The Morgan fingerprint density at radius 3 is 2.55 bits per heavy atom. The van der Waals surface area contributed by atoms with E-state index in [4.69, 9.17) is 17.3 Å². The Kier molecular flexibility index (Phi) is 4.64. The van der Waals surface area contributed by atoms with Crippen molar-refractivity contribution in [3.05, 3.63) is 64.7 Å². The van der Waals surface area contributed by atoms with Gasteiger partial charge in [0.05, 0.1) is 16.3 Å². The number of likely N-dealkylation sites (N-methyl/N-ethyl adjacent to an activating group) is 1. The van der Waals surface area contributed by atoms with E-state index in [-0.39, 0.29) is 5.91 Å². The summed E-state index contributed by atoms with van der Waals surface area (Å²) >= 11 is 5.94. The van der Waals surface area contributed by atoms with E-state index in [0.717, 1.165) is 6.42 Å². The van der Waals surface area contributed by atoms with E-state index in [0.29, 0.717) is 22.8 Å². The molecule has 3 nitrogen and oxygen atoms in total. The van der Waals surface area contributed by atoms with E-state index in [1.807, 2.05) is 30.3 Å². The van der Waals surface area contributed by atoms with E-state index in [1.165, 1.54) is 5.56 Å². The van der Waals surface area contributed by atoms with Gasteiger partial charge in [-0.1, -0.05) is 48.0 Å². The van der Waals surface area contributed by atoms with Gasteiger partial charge in [0.1, 0.15) is 0 Å². The Morgan fingerprint density at radius 1 is 1.15 bits per heavy atom. The largest absolute Gasteiger partial charge is 0.397 e. The van der Waals surface area contributed by atoms with Crippen LogP contribution in [-0.4, -0.2) is 24.4 Å². The summed E-state index contributed by atoms with van der Waals surface area (Å²) in [6.45, 7) is 0.634. The molecule has 0 fully saturated rings. The minimum Gasteiger partial charge on any atom is -0.397 e. The standard InChI is InChI=1S/C16H17ClN2O/c1-19(11-10-12-6-3-2-4-7-12)16(20)13-8-5-9-14(17)15(13)18/h2-9H,10-11,18H2,1H3. The number of carbonyl (C=O) groups excluding carboxylic acids is 1. The molecule has 20 heavy (non-hydrogen) atoms. The highest BCUT2D eigenvalue weighted by Gasteiger charge is 2.15. The summed E-state index contributed by atoms with van der Waals surface area (Å²) in [5, 5.41) is 0.410. The SMILES string of the molecule is CN(CCc1ccccc1)C(=O)c1cccc(Cl)c1N. The fourth-order valence-electron chi connectivity index (χ4n) is 1.97. The third-order valence-corrected chi connectivity index (χ3v) is 3.54. The summed E-state index contributed by atoms with van der Waals surface area (Å²) in [4.78, 5) is 14.0. The molecule has 0 saturated heterocycles. The lowest BCUT2D eigenvalue weighted by Crippen LogP contribution is -2.29. The molecule has 2 aromatic rings. The third kappa shape index (κ3) is 3.31. The summed E-state index contributed by atoms with van der Waals surface area (Å²) in [5.41, 5.74) is 7.84. The number of halogens is 1. The molecule has 0 aliphatic rings. The normalized spacial score (nSPS) is 10.3. The monoisotopic (exact) mass is 288 g/mol. The summed E-state index contributed by atoms with van der Waals surface area (Å²) in [7, 11) is 1.77. The van der Waals surface area contributed by atoms with Gasteiger partial charge in [0, 0.05) is 13.6 Å². The zero-order chi connectivity index (χ0) is 14.5. The molecule has 0 aliphatic heterocycles. The van der Waals surface area contributed by atoms with Crippen molar-refractivity contribution < 1.29 is 4.79 Å². The summed E-state index contributed by atoms with van der Waals surface area (Å²) in [6, 6.07) is 15.2. The van der Waals surface area contributed by atoms with Crippen LogP contribution < -0.4 is 5.73 Å². The van der Waals surface area contributed by atoms with Crippen LogP contribution in [0.2, 0.25) is 5.02 Å². The van der Waals surface area contributed by atoms with Gasteiger partial charge in [-0.3, -0.25) is 4.79 Å². The van der Waals surface area contributed by atoms with E-state index in [9.17, 15) is 4.79 Å². The molecule has 2 N–H and O–H groups in total. The van der Waals surface area contributed by atoms with Crippen molar-refractivity contribution in [1.82, 2.24) is 4.90 Å². The molecule has 0 heterocycles. The summed E-state index contributed by atoms with van der Waals surface area (Å²) in [5.74, 6) is -0.110. The Labute approximate surface area is 124 Å². The Balaban J connectivity index is 2.04. The van der Waals surface area contributed by atoms with Crippen molar-refractivity contribution in [2.75, 3.05) is 19.3 Å². The van der Waals surface area contributed by atoms with Crippen LogP contribution in [0, 0.1) is 0 Å². The number of nitrogens with two attached hydrogens (primary N) is 1. The molecule has 104 valence electrons. The second-order valence-corrected chi connectivity index (χ2v) is 5.07. The van der Waals surface area contributed by atoms with E-state index >= 15 is 0 Å². The van der Waals surface area contributed by atoms with Crippen molar-refractivity contribution >= 4 is 23.2 Å². The first-order valence-corrected chi connectivity index (χ1v) is 6.81. The van der Waals surface area contributed by atoms with Crippen molar-refractivity contribution in [1.29, 1.82) is 0 Å². The van der Waals surface area contributed by atoms with Crippen molar-refractivity contribution in [3.63, 3.8) is 0 Å².